The van der Waals surface area contributed by atoms with Crippen LogP contribution in [0.4, 0.5) is 0 Å². The Bertz CT molecular complexity index is 619. The van der Waals surface area contributed by atoms with Gasteiger partial charge in [0.2, 0.25) is 0 Å². The van der Waals surface area contributed by atoms with Gasteiger partial charge in [0.05, 0.1) is 0 Å². The van der Waals surface area contributed by atoms with Gasteiger partial charge in [0.1, 0.15) is 0 Å². The molecule has 0 amide bonds. The molecule has 43 heavy (non-hydrogen) atoms. The van der Waals surface area contributed by atoms with Crippen molar-refractivity contribution < 1.29 is 14.7 Å². The van der Waals surface area contributed by atoms with Gasteiger partial charge in [-0.3, -0.25) is 9.59 Å². The van der Waals surface area contributed by atoms with Crippen molar-refractivity contribution in [3.05, 3.63) is 0 Å². The first-order valence-electron chi connectivity index (χ1n) is 18.2. The van der Waals surface area contributed by atoms with E-state index in [1.807, 2.05) is 11.8 Å². The number of unbranched alkanes of at least 4 members (excludes halogenated alkanes) is 19. The van der Waals surface area contributed by atoms with Gasteiger partial charge in [0.15, 0.2) is 10.5 Å². The van der Waals surface area contributed by atoms with Gasteiger partial charge < -0.3 is 5.11 Å². The third-order valence-corrected chi connectivity index (χ3v) is 13.5. The molecule has 0 radical (unpaired) electrons. The Morgan fingerprint density at radius 3 is 1.30 bits per heavy atom. The molecule has 0 aliphatic carbocycles. The second-order valence-corrected chi connectivity index (χ2v) is 17.6. The van der Waals surface area contributed by atoms with Crippen LogP contribution < -0.4 is 0 Å². The number of carbonyl (C=O) groups excluding carboxylic acids is 1. The zero-order valence-electron chi connectivity index (χ0n) is 28.6. The summed E-state index contributed by atoms with van der Waals surface area (Å²) in [7, 11) is 0. The molecule has 0 rings (SSSR count). The fourth-order valence-corrected chi connectivity index (χ4v) is 10.2. The van der Waals surface area contributed by atoms with Gasteiger partial charge in [-0.05, 0) is 49.4 Å². The largest absolute Gasteiger partial charge is 0.480 e. The summed E-state index contributed by atoms with van der Waals surface area (Å²) in [6.07, 6.45) is 29.0. The Morgan fingerprint density at radius 1 is 0.488 bits per heavy atom. The van der Waals surface area contributed by atoms with Crippen molar-refractivity contribution in [1.82, 2.24) is 0 Å². The second-order valence-electron chi connectivity index (χ2n) is 12.2. The molecule has 0 bridgehead atoms. The Morgan fingerprint density at radius 2 is 0.860 bits per heavy atom. The first kappa shape index (κ1) is 43.5. The van der Waals surface area contributed by atoms with E-state index in [4.69, 9.17) is 0 Å². The van der Waals surface area contributed by atoms with E-state index in [1.54, 1.807) is 0 Å². The molecule has 0 saturated carbocycles. The molecule has 0 fully saturated rings. The molecule has 1 atom stereocenters. The van der Waals surface area contributed by atoms with Gasteiger partial charge in [-0.1, -0.05) is 143 Å². The normalized spacial score (nSPS) is 12.9. The molecule has 0 aromatic heterocycles. The van der Waals surface area contributed by atoms with E-state index in [2.05, 4.69) is 44.3 Å². The van der Waals surface area contributed by atoms with Crippen LogP contribution in [0.2, 0.25) is 0 Å². The summed E-state index contributed by atoms with van der Waals surface area (Å²) in [5.74, 6) is 2.66. The zero-order chi connectivity index (χ0) is 31.7. The second kappa shape index (κ2) is 33.9. The van der Waals surface area contributed by atoms with Crippen LogP contribution in [0.5, 0.6) is 0 Å². The number of rotatable bonds is 36. The molecule has 1 unspecified atom stereocenters. The number of Topliss-reactive ketones (excluding diaryl/α,β-unsaturated/α-hetero) is 1. The summed E-state index contributed by atoms with van der Waals surface area (Å²) in [4.78, 5) is 26.1. The van der Waals surface area contributed by atoms with Crippen molar-refractivity contribution in [3.63, 3.8) is 0 Å². The number of aliphatic carboxylic acids is 1. The van der Waals surface area contributed by atoms with E-state index in [9.17, 15) is 14.7 Å². The lowest BCUT2D eigenvalue weighted by atomic mass is 9.92. The van der Waals surface area contributed by atoms with Gasteiger partial charge in [-0.15, -0.1) is 11.8 Å². The highest BCUT2D eigenvalue weighted by Crippen LogP contribution is 2.37. The Hall–Kier alpha value is 0.540. The van der Waals surface area contributed by atoms with Crippen LogP contribution in [-0.2, 0) is 9.59 Å². The number of hydrogen-bond donors (Lipinski definition) is 1. The number of carbonyl (C=O) groups is 2. The van der Waals surface area contributed by atoms with Crippen LogP contribution >= 0.6 is 47.0 Å². The van der Waals surface area contributed by atoms with E-state index in [1.165, 1.54) is 138 Å². The summed E-state index contributed by atoms with van der Waals surface area (Å²) in [5, 5.41) is 12.3. The lowest BCUT2D eigenvalue weighted by Crippen LogP contribution is -2.43. The summed E-state index contributed by atoms with van der Waals surface area (Å²) in [6, 6.07) is 0. The lowest BCUT2D eigenvalue weighted by Gasteiger charge is -2.27. The topological polar surface area (TPSA) is 54.4 Å². The van der Waals surface area contributed by atoms with Crippen LogP contribution in [0.3, 0.4) is 0 Å². The van der Waals surface area contributed by atoms with Crippen molar-refractivity contribution >= 4 is 58.8 Å². The number of carboxylic acid groups (broad SMARTS) is 1. The van der Waals surface area contributed by atoms with Gasteiger partial charge >= 0.3 is 5.97 Å². The van der Waals surface area contributed by atoms with Crippen LogP contribution in [-0.4, -0.2) is 49.0 Å². The van der Waals surface area contributed by atoms with E-state index in [0.29, 0.717) is 17.9 Å². The Labute approximate surface area is 285 Å². The smallest absolute Gasteiger partial charge is 0.327 e. The van der Waals surface area contributed by atoms with E-state index < -0.39 is 10.7 Å². The molecule has 0 aromatic carbocycles. The maximum absolute atomic E-state index is 13.4. The summed E-state index contributed by atoms with van der Waals surface area (Å²) in [5.41, 5.74) is 0. The Kier molecular flexibility index (Phi) is 34.3. The molecule has 0 spiro atoms. The molecule has 0 aliphatic heterocycles. The minimum absolute atomic E-state index is 0.0319. The summed E-state index contributed by atoms with van der Waals surface area (Å²) >= 11 is 7.41. The molecule has 0 aliphatic rings. The average molecular weight is 679 g/mol. The number of ketones is 1. The minimum atomic E-state index is -1.25. The standard InChI is InChI=1S/C36H70O3S4/c1-4-7-10-13-17-22-27-34(37)36(35(38)39,43-33-42-31-26-20-15-12-9-6-3)28-23-18-16-21-25-30-41-32-40-29-24-19-14-11-8-5-2/h4-33H2,1-3H3,(H,38,39). The first-order chi connectivity index (χ1) is 21.0. The van der Waals surface area contributed by atoms with Gasteiger partial charge in [-0.2, -0.15) is 35.3 Å². The highest BCUT2D eigenvalue weighted by atomic mass is 32.2. The summed E-state index contributed by atoms with van der Waals surface area (Å²) < 4.78 is -1.25. The third kappa shape index (κ3) is 26.3. The van der Waals surface area contributed by atoms with Crippen LogP contribution in [0.15, 0.2) is 0 Å². The Balaban J connectivity index is 4.37. The number of thioether (sulfide) groups is 4. The van der Waals surface area contributed by atoms with E-state index >= 15 is 0 Å². The maximum atomic E-state index is 13.4. The SMILES string of the molecule is CCCCCCCCSCSCCCCCCCC(SCSCCCCCCCC)(C(=O)O)C(=O)CCCCCCCC. The van der Waals surface area contributed by atoms with Crippen molar-refractivity contribution in [1.29, 1.82) is 0 Å². The quantitative estimate of drug-likeness (QED) is 0.0402. The van der Waals surface area contributed by atoms with Crippen molar-refractivity contribution in [2.75, 3.05) is 27.4 Å². The molecule has 256 valence electrons. The highest BCUT2D eigenvalue weighted by Gasteiger charge is 2.45. The van der Waals surface area contributed by atoms with Crippen LogP contribution in [0.1, 0.15) is 181 Å². The minimum Gasteiger partial charge on any atom is -0.480 e. The van der Waals surface area contributed by atoms with Crippen molar-refractivity contribution in [3.8, 4) is 0 Å². The van der Waals surface area contributed by atoms with E-state index in [-0.39, 0.29) is 5.78 Å². The predicted octanol–water partition coefficient (Wildman–Crippen LogP) is 13.0. The number of carboxylic acids is 1. The van der Waals surface area contributed by atoms with Gasteiger partial charge in [-0.25, -0.2) is 0 Å². The van der Waals surface area contributed by atoms with Crippen molar-refractivity contribution in [2.45, 2.75) is 186 Å². The fraction of sp³-hybridized carbons (Fsp3) is 0.944. The lowest BCUT2D eigenvalue weighted by molar-refractivity contribution is -0.144. The predicted molar refractivity (Wildman–Crippen MR) is 203 cm³/mol. The molecule has 0 saturated heterocycles. The van der Waals surface area contributed by atoms with Crippen molar-refractivity contribution in [2.24, 2.45) is 0 Å². The van der Waals surface area contributed by atoms with E-state index in [0.717, 1.165) is 44.3 Å². The molecular formula is C36H70O3S4. The molecule has 3 nitrogen and oxygen atoms in total. The molecule has 0 heterocycles. The van der Waals surface area contributed by atoms with Gasteiger partial charge in [0, 0.05) is 16.6 Å². The van der Waals surface area contributed by atoms with Crippen LogP contribution in [0.25, 0.3) is 0 Å². The molecule has 0 aromatic rings. The average Bonchev–Trinajstić information content (AvgIpc) is 3.00. The fourth-order valence-electron chi connectivity index (χ4n) is 5.30. The third-order valence-electron chi connectivity index (χ3n) is 8.21. The number of hydrogen-bond acceptors (Lipinski definition) is 6. The molecular weight excluding hydrogens is 609 g/mol. The molecule has 7 heteroatoms. The molecule has 1 N–H and O–H groups in total. The van der Waals surface area contributed by atoms with Crippen LogP contribution in [0, 0.1) is 0 Å². The summed E-state index contributed by atoms with van der Waals surface area (Å²) in [6.45, 7) is 6.73. The maximum Gasteiger partial charge on any atom is 0.327 e. The first-order valence-corrected chi connectivity index (χ1v) is 22.6. The highest BCUT2D eigenvalue weighted by molar-refractivity contribution is 8.17. The van der Waals surface area contributed by atoms with Gasteiger partial charge in [0.25, 0.3) is 0 Å². The monoisotopic (exact) mass is 678 g/mol. The zero-order valence-corrected chi connectivity index (χ0v) is 31.9.